The number of hydrogen-bond acceptors (Lipinski definition) is 4. The Hall–Kier alpha value is -1.13. The van der Waals surface area contributed by atoms with Gasteiger partial charge in [0.2, 0.25) is 5.88 Å². The van der Waals surface area contributed by atoms with E-state index in [0.29, 0.717) is 12.5 Å². The Bertz CT molecular complexity index is 296. The highest BCUT2D eigenvalue weighted by atomic mass is 16.5. The second-order valence-electron chi connectivity index (χ2n) is 4.22. The van der Waals surface area contributed by atoms with Gasteiger partial charge in [-0.05, 0) is 33.0 Å². The molecule has 0 bridgehead atoms. The van der Waals surface area contributed by atoms with Gasteiger partial charge in [0.15, 0.2) is 0 Å². The van der Waals surface area contributed by atoms with Crippen molar-refractivity contribution in [1.29, 1.82) is 0 Å². The van der Waals surface area contributed by atoms with Crippen LogP contribution in [0.5, 0.6) is 5.88 Å². The summed E-state index contributed by atoms with van der Waals surface area (Å²) < 4.78 is 5.51. The van der Waals surface area contributed by atoms with E-state index in [1.54, 1.807) is 6.20 Å². The molecule has 0 fully saturated rings. The lowest BCUT2D eigenvalue weighted by molar-refractivity contribution is 0.273. The molecule has 0 radical (unpaired) electrons. The van der Waals surface area contributed by atoms with Gasteiger partial charge in [-0.3, -0.25) is 0 Å². The second kappa shape index (κ2) is 6.45. The summed E-state index contributed by atoms with van der Waals surface area (Å²) in [5, 5.41) is 0. The predicted molar refractivity (Wildman–Crippen MR) is 65.5 cm³/mol. The molecule has 0 saturated heterocycles. The van der Waals surface area contributed by atoms with Gasteiger partial charge in [0, 0.05) is 24.8 Å². The van der Waals surface area contributed by atoms with E-state index in [4.69, 9.17) is 10.5 Å². The SMILES string of the molecule is C[C@H](N)c1ccc(OCCCN(C)C)nc1. The summed E-state index contributed by atoms with van der Waals surface area (Å²) in [5.41, 5.74) is 6.76. The Morgan fingerprint density at radius 1 is 1.44 bits per heavy atom. The third-order valence-corrected chi connectivity index (χ3v) is 2.28. The molecule has 0 spiro atoms. The van der Waals surface area contributed by atoms with Gasteiger partial charge in [0.05, 0.1) is 6.61 Å². The number of nitrogens with two attached hydrogens (primary N) is 1. The molecule has 0 aliphatic carbocycles. The van der Waals surface area contributed by atoms with E-state index in [2.05, 4.69) is 24.0 Å². The molecule has 1 atom stereocenters. The average Bonchev–Trinajstić information content (AvgIpc) is 2.25. The summed E-state index contributed by atoms with van der Waals surface area (Å²) in [4.78, 5) is 6.34. The first kappa shape index (κ1) is 12.9. The average molecular weight is 223 g/mol. The zero-order chi connectivity index (χ0) is 12.0. The third-order valence-electron chi connectivity index (χ3n) is 2.28. The number of nitrogens with zero attached hydrogens (tertiary/aromatic N) is 2. The maximum atomic E-state index is 5.73. The minimum absolute atomic E-state index is 0.0234. The van der Waals surface area contributed by atoms with E-state index in [-0.39, 0.29) is 6.04 Å². The lowest BCUT2D eigenvalue weighted by atomic mass is 10.2. The van der Waals surface area contributed by atoms with E-state index in [0.717, 1.165) is 18.5 Å². The van der Waals surface area contributed by atoms with Crippen LogP contribution in [0.25, 0.3) is 0 Å². The lowest BCUT2D eigenvalue weighted by Crippen LogP contribution is -2.15. The topological polar surface area (TPSA) is 51.4 Å². The Morgan fingerprint density at radius 2 is 2.19 bits per heavy atom. The Morgan fingerprint density at radius 3 is 2.69 bits per heavy atom. The highest BCUT2D eigenvalue weighted by molar-refractivity contribution is 5.19. The lowest BCUT2D eigenvalue weighted by Gasteiger charge is -2.10. The van der Waals surface area contributed by atoms with Crippen LogP contribution in [0.15, 0.2) is 18.3 Å². The van der Waals surface area contributed by atoms with Crippen molar-refractivity contribution in [1.82, 2.24) is 9.88 Å². The van der Waals surface area contributed by atoms with Crippen LogP contribution in [0.4, 0.5) is 0 Å². The molecular weight excluding hydrogens is 202 g/mol. The van der Waals surface area contributed by atoms with Crippen molar-refractivity contribution in [2.75, 3.05) is 27.2 Å². The van der Waals surface area contributed by atoms with Crippen molar-refractivity contribution in [3.05, 3.63) is 23.9 Å². The Balaban J connectivity index is 2.32. The summed E-state index contributed by atoms with van der Waals surface area (Å²) in [6.07, 6.45) is 2.77. The van der Waals surface area contributed by atoms with Gasteiger partial charge in [-0.15, -0.1) is 0 Å². The molecule has 4 nitrogen and oxygen atoms in total. The van der Waals surface area contributed by atoms with Crippen molar-refractivity contribution in [2.45, 2.75) is 19.4 Å². The molecule has 0 aliphatic heterocycles. The molecule has 1 aromatic rings. The third kappa shape index (κ3) is 4.59. The maximum absolute atomic E-state index is 5.73. The van der Waals surface area contributed by atoms with Crippen LogP contribution < -0.4 is 10.5 Å². The van der Waals surface area contributed by atoms with Gasteiger partial charge in [-0.25, -0.2) is 4.98 Å². The predicted octanol–water partition coefficient (Wildman–Crippen LogP) is 1.43. The fraction of sp³-hybridized carbons (Fsp3) is 0.583. The summed E-state index contributed by atoms with van der Waals surface area (Å²) in [5.74, 6) is 0.670. The first-order chi connectivity index (χ1) is 7.59. The van der Waals surface area contributed by atoms with Gasteiger partial charge in [-0.2, -0.15) is 0 Å². The molecule has 0 aromatic carbocycles. The number of rotatable bonds is 6. The van der Waals surface area contributed by atoms with Gasteiger partial charge in [-0.1, -0.05) is 6.07 Å². The van der Waals surface area contributed by atoms with Crippen LogP contribution in [0, 0.1) is 0 Å². The van der Waals surface area contributed by atoms with Crippen LogP contribution in [-0.2, 0) is 0 Å². The van der Waals surface area contributed by atoms with E-state index in [1.807, 2.05) is 19.1 Å². The first-order valence-electron chi connectivity index (χ1n) is 5.58. The van der Waals surface area contributed by atoms with Crippen molar-refractivity contribution in [2.24, 2.45) is 5.73 Å². The molecule has 90 valence electrons. The van der Waals surface area contributed by atoms with Crippen molar-refractivity contribution < 1.29 is 4.74 Å². The molecule has 0 unspecified atom stereocenters. The molecule has 16 heavy (non-hydrogen) atoms. The molecule has 1 rings (SSSR count). The van der Waals surface area contributed by atoms with Gasteiger partial charge in [0.25, 0.3) is 0 Å². The molecule has 1 aromatic heterocycles. The van der Waals surface area contributed by atoms with Crippen LogP contribution in [0.2, 0.25) is 0 Å². The minimum Gasteiger partial charge on any atom is -0.478 e. The monoisotopic (exact) mass is 223 g/mol. The van der Waals surface area contributed by atoms with Crippen molar-refractivity contribution in [3.63, 3.8) is 0 Å². The standard InChI is InChI=1S/C12H21N3O/c1-10(13)11-5-6-12(14-9-11)16-8-4-7-15(2)3/h5-6,9-10H,4,7-8,13H2,1-3H3/t10-/m0/s1. The van der Waals surface area contributed by atoms with Crippen LogP contribution in [-0.4, -0.2) is 37.1 Å². The van der Waals surface area contributed by atoms with E-state index in [1.165, 1.54) is 0 Å². The van der Waals surface area contributed by atoms with Crippen molar-refractivity contribution >= 4 is 0 Å². The van der Waals surface area contributed by atoms with Crippen LogP contribution in [0.3, 0.4) is 0 Å². The summed E-state index contributed by atoms with van der Waals surface area (Å²) in [6.45, 7) is 3.66. The Labute approximate surface area is 97.4 Å². The molecule has 0 saturated carbocycles. The number of pyridine rings is 1. The quantitative estimate of drug-likeness (QED) is 0.741. The fourth-order valence-electron chi connectivity index (χ4n) is 1.30. The summed E-state index contributed by atoms with van der Waals surface area (Å²) in [6, 6.07) is 3.85. The zero-order valence-corrected chi connectivity index (χ0v) is 10.3. The van der Waals surface area contributed by atoms with Gasteiger partial charge < -0.3 is 15.4 Å². The zero-order valence-electron chi connectivity index (χ0n) is 10.3. The van der Waals surface area contributed by atoms with E-state index >= 15 is 0 Å². The van der Waals surface area contributed by atoms with Gasteiger partial charge >= 0.3 is 0 Å². The summed E-state index contributed by atoms with van der Waals surface area (Å²) in [7, 11) is 4.10. The Kier molecular flexibility index (Phi) is 5.22. The molecular formula is C12H21N3O. The number of aromatic nitrogens is 1. The molecule has 0 amide bonds. The van der Waals surface area contributed by atoms with Gasteiger partial charge in [0.1, 0.15) is 0 Å². The van der Waals surface area contributed by atoms with E-state index in [9.17, 15) is 0 Å². The second-order valence-corrected chi connectivity index (χ2v) is 4.22. The maximum Gasteiger partial charge on any atom is 0.213 e. The highest BCUT2D eigenvalue weighted by Gasteiger charge is 2.00. The normalized spacial score (nSPS) is 12.8. The highest BCUT2D eigenvalue weighted by Crippen LogP contribution is 2.12. The minimum atomic E-state index is 0.0234. The van der Waals surface area contributed by atoms with Crippen LogP contribution >= 0.6 is 0 Å². The molecule has 1 heterocycles. The largest absolute Gasteiger partial charge is 0.478 e. The van der Waals surface area contributed by atoms with E-state index < -0.39 is 0 Å². The van der Waals surface area contributed by atoms with Crippen molar-refractivity contribution in [3.8, 4) is 5.88 Å². The molecule has 4 heteroatoms. The smallest absolute Gasteiger partial charge is 0.213 e. The molecule has 0 aliphatic rings. The number of hydrogen-bond donors (Lipinski definition) is 1. The fourth-order valence-corrected chi connectivity index (χ4v) is 1.30. The molecule has 2 N–H and O–H groups in total. The number of ether oxygens (including phenoxy) is 1. The van der Waals surface area contributed by atoms with Crippen LogP contribution in [0.1, 0.15) is 24.9 Å². The first-order valence-corrected chi connectivity index (χ1v) is 5.58. The summed E-state index contributed by atoms with van der Waals surface area (Å²) >= 11 is 0.